The van der Waals surface area contributed by atoms with E-state index >= 15 is 0 Å². The van der Waals surface area contributed by atoms with Crippen molar-refractivity contribution in [3.63, 3.8) is 0 Å². The standard InChI is InChI=1S/C17H19NO6/c1-10-13(15(24-18-10)6-7-16(19)23-3)8-11-4-5-12(22-2)9-14(11)17(20)21/h4-5,9H,6-8H2,1-3H3,(H,20,21). The fraction of sp³-hybridized carbons (Fsp3) is 0.353. The quantitative estimate of drug-likeness (QED) is 0.777. The number of carboxylic acid groups (broad SMARTS) is 1. The zero-order valence-electron chi connectivity index (χ0n) is 13.8. The Morgan fingerprint density at radius 2 is 2.04 bits per heavy atom. The molecule has 0 aliphatic rings. The van der Waals surface area contributed by atoms with Gasteiger partial charge in [-0.15, -0.1) is 0 Å². The van der Waals surface area contributed by atoms with Crippen molar-refractivity contribution in [3.8, 4) is 5.75 Å². The summed E-state index contributed by atoms with van der Waals surface area (Å²) in [5, 5.41) is 13.3. The molecule has 7 heteroatoms. The molecule has 0 spiro atoms. The lowest BCUT2D eigenvalue weighted by molar-refractivity contribution is -0.140. The van der Waals surface area contributed by atoms with Gasteiger partial charge in [-0.1, -0.05) is 11.2 Å². The highest BCUT2D eigenvalue weighted by atomic mass is 16.5. The summed E-state index contributed by atoms with van der Waals surface area (Å²) in [7, 11) is 2.81. The lowest BCUT2D eigenvalue weighted by Gasteiger charge is -2.09. The van der Waals surface area contributed by atoms with E-state index in [0.717, 1.165) is 5.56 Å². The highest BCUT2D eigenvalue weighted by Gasteiger charge is 2.19. The predicted molar refractivity (Wildman–Crippen MR) is 84.3 cm³/mol. The van der Waals surface area contributed by atoms with Crippen LogP contribution in [0.25, 0.3) is 0 Å². The van der Waals surface area contributed by atoms with Crippen molar-refractivity contribution in [2.75, 3.05) is 14.2 Å². The molecule has 0 saturated heterocycles. The summed E-state index contributed by atoms with van der Waals surface area (Å²) in [6, 6.07) is 4.90. The number of methoxy groups -OCH3 is 2. The molecule has 0 aliphatic heterocycles. The molecule has 24 heavy (non-hydrogen) atoms. The second kappa shape index (κ2) is 7.63. The van der Waals surface area contributed by atoms with Crippen LogP contribution >= 0.6 is 0 Å². The SMILES string of the molecule is COC(=O)CCc1onc(C)c1Cc1ccc(OC)cc1C(=O)O. The number of esters is 1. The van der Waals surface area contributed by atoms with Crippen LogP contribution in [-0.4, -0.2) is 36.4 Å². The summed E-state index contributed by atoms with van der Waals surface area (Å²) < 4.78 is 15.0. The van der Waals surface area contributed by atoms with Crippen molar-refractivity contribution in [3.05, 3.63) is 46.3 Å². The Morgan fingerprint density at radius 1 is 1.29 bits per heavy atom. The monoisotopic (exact) mass is 333 g/mol. The van der Waals surface area contributed by atoms with Crippen molar-refractivity contribution in [2.45, 2.75) is 26.2 Å². The summed E-state index contributed by atoms with van der Waals surface area (Å²) in [6.07, 6.45) is 0.866. The van der Waals surface area contributed by atoms with Gasteiger partial charge in [0, 0.05) is 18.4 Å². The van der Waals surface area contributed by atoms with Crippen molar-refractivity contribution < 1.29 is 28.7 Å². The van der Waals surface area contributed by atoms with Crippen LogP contribution in [0.5, 0.6) is 5.75 Å². The number of benzene rings is 1. The van der Waals surface area contributed by atoms with Gasteiger partial charge in [-0.3, -0.25) is 4.79 Å². The van der Waals surface area contributed by atoms with Crippen molar-refractivity contribution >= 4 is 11.9 Å². The predicted octanol–water partition coefficient (Wildman–Crippen LogP) is 2.39. The fourth-order valence-corrected chi connectivity index (χ4v) is 2.40. The van der Waals surface area contributed by atoms with E-state index in [1.165, 1.54) is 20.3 Å². The molecular weight excluding hydrogens is 314 g/mol. The van der Waals surface area contributed by atoms with Crippen LogP contribution in [0, 0.1) is 6.92 Å². The molecule has 128 valence electrons. The Morgan fingerprint density at radius 3 is 2.67 bits per heavy atom. The van der Waals surface area contributed by atoms with Gasteiger partial charge in [-0.25, -0.2) is 4.79 Å². The topological polar surface area (TPSA) is 98.9 Å². The van der Waals surface area contributed by atoms with E-state index in [2.05, 4.69) is 9.89 Å². The molecule has 1 N–H and O–H groups in total. The van der Waals surface area contributed by atoms with Crippen LogP contribution in [0.15, 0.2) is 22.7 Å². The molecular formula is C17H19NO6. The Labute approximate surface area is 139 Å². The second-order valence-corrected chi connectivity index (χ2v) is 5.25. The summed E-state index contributed by atoms with van der Waals surface area (Å²) in [4.78, 5) is 22.8. The van der Waals surface area contributed by atoms with Crippen LogP contribution in [0.4, 0.5) is 0 Å². The number of carbonyl (C=O) groups is 2. The number of ether oxygens (including phenoxy) is 2. The summed E-state index contributed by atoms with van der Waals surface area (Å²) in [5.74, 6) is -0.339. The molecule has 0 fully saturated rings. The Balaban J connectivity index is 2.29. The van der Waals surface area contributed by atoms with Gasteiger partial charge < -0.3 is 19.1 Å². The molecule has 7 nitrogen and oxygen atoms in total. The Hall–Kier alpha value is -2.83. The van der Waals surface area contributed by atoms with Gasteiger partial charge in [0.15, 0.2) is 0 Å². The van der Waals surface area contributed by atoms with Gasteiger partial charge >= 0.3 is 11.9 Å². The zero-order valence-corrected chi connectivity index (χ0v) is 13.8. The summed E-state index contributed by atoms with van der Waals surface area (Å²) >= 11 is 0. The van der Waals surface area contributed by atoms with Crippen molar-refractivity contribution in [1.82, 2.24) is 5.16 Å². The first-order valence-corrected chi connectivity index (χ1v) is 7.37. The molecule has 0 unspecified atom stereocenters. The number of nitrogens with zero attached hydrogens (tertiary/aromatic N) is 1. The Kier molecular flexibility index (Phi) is 5.57. The third-order valence-corrected chi connectivity index (χ3v) is 3.76. The van der Waals surface area contributed by atoms with Crippen LogP contribution in [0.2, 0.25) is 0 Å². The first-order valence-electron chi connectivity index (χ1n) is 7.37. The molecule has 0 bridgehead atoms. The largest absolute Gasteiger partial charge is 0.497 e. The maximum atomic E-state index is 11.5. The number of rotatable bonds is 7. The molecule has 0 atom stereocenters. The average Bonchev–Trinajstić information content (AvgIpc) is 2.93. The van der Waals surface area contributed by atoms with Crippen molar-refractivity contribution in [1.29, 1.82) is 0 Å². The lowest BCUT2D eigenvalue weighted by atomic mass is 9.97. The molecule has 2 rings (SSSR count). The van der Waals surface area contributed by atoms with Gasteiger partial charge in [0.1, 0.15) is 11.5 Å². The van der Waals surface area contributed by atoms with Crippen LogP contribution < -0.4 is 4.74 Å². The van der Waals surface area contributed by atoms with E-state index in [4.69, 9.17) is 9.26 Å². The van der Waals surface area contributed by atoms with E-state index in [9.17, 15) is 14.7 Å². The first kappa shape index (κ1) is 17.5. The fourth-order valence-electron chi connectivity index (χ4n) is 2.40. The van der Waals surface area contributed by atoms with E-state index < -0.39 is 5.97 Å². The third kappa shape index (κ3) is 3.92. The minimum Gasteiger partial charge on any atom is -0.497 e. The average molecular weight is 333 g/mol. The maximum Gasteiger partial charge on any atom is 0.336 e. The zero-order chi connectivity index (χ0) is 17.7. The smallest absolute Gasteiger partial charge is 0.336 e. The molecule has 1 aromatic heterocycles. The van der Waals surface area contributed by atoms with Crippen LogP contribution in [-0.2, 0) is 22.4 Å². The number of hydrogen-bond donors (Lipinski definition) is 1. The number of aryl methyl sites for hydroxylation is 2. The number of aromatic nitrogens is 1. The van der Waals surface area contributed by atoms with E-state index in [1.54, 1.807) is 19.1 Å². The van der Waals surface area contributed by atoms with Gasteiger partial charge in [0.25, 0.3) is 0 Å². The second-order valence-electron chi connectivity index (χ2n) is 5.25. The highest BCUT2D eigenvalue weighted by molar-refractivity contribution is 5.90. The van der Waals surface area contributed by atoms with E-state index in [1.807, 2.05) is 0 Å². The van der Waals surface area contributed by atoms with Gasteiger partial charge in [0.2, 0.25) is 0 Å². The summed E-state index contributed by atoms with van der Waals surface area (Å²) in [6.45, 7) is 1.78. The highest BCUT2D eigenvalue weighted by Crippen LogP contribution is 2.24. The molecule has 0 saturated carbocycles. The Bertz CT molecular complexity index is 750. The van der Waals surface area contributed by atoms with Gasteiger partial charge in [-0.2, -0.15) is 0 Å². The molecule has 1 aromatic carbocycles. The number of carbonyl (C=O) groups excluding carboxylic acids is 1. The minimum atomic E-state index is -1.03. The third-order valence-electron chi connectivity index (χ3n) is 3.76. The minimum absolute atomic E-state index is 0.161. The van der Waals surface area contributed by atoms with E-state index in [-0.39, 0.29) is 18.0 Å². The van der Waals surface area contributed by atoms with Crippen LogP contribution in [0.1, 0.15) is 39.4 Å². The molecule has 2 aromatic rings. The molecule has 0 radical (unpaired) electrons. The van der Waals surface area contributed by atoms with Crippen LogP contribution in [0.3, 0.4) is 0 Å². The molecule has 0 amide bonds. The normalized spacial score (nSPS) is 10.5. The van der Waals surface area contributed by atoms with Gasteiger partial charge in [0.05, 0.1) is 31.9 Å². The lowest BCUT2D eigenvalue weighted by Crippen LogP contribution is -2.06. The molecule has 1 heterocycles. The molecule has 0 aliphatic carbocycles. The number of carboxylic acids is 1. The van der Waals surface area contributed by atoms with E-state index in [0.29, 0.717) is 35.6 Å². The summed E-state index contributed by atoms with van der Waals surface area (Å²) in [5.41, 5.74) is 2.23. The number of hydrogen-bond acceptors (Lipinski definition) is 6. The van der Waals surface area contributed by atoms with Crippen molar-refractivity contribution in [2.24, 2.45) is 0 Å². The maximum absolute atomic E-state index is 11.5. The number of aromatic carboxylic acids is 1. The van der Waals surface area contributed by atoms with Gasteiger partial charge in [-0.05, 0) is 24.6 Å². The first-order chi connectivity index (χ1) is 11.5.